The summed E-state index contributed by atoms with van der Waals surface area (Å²) in [6.07, 6.45) is 3.69. The van der Waals surface area contributed by atoms with Crippen molar-refractivity contribution in [2.24, 2.45) is 0 Å². The molecule has 1 N–H and O–H groups in total. The second-order valence-electron chi connectivity index (χ2n) is 4.39. The highest BCUT2D eigenvalue weighted by molar-refractivity contribution is 6.30. The van der Waals surface area contributed by atoms with Crippen LogP contribution in [0.15, 0.2) is 60.9 Å². The predicted octanol–water partition coefficient (Wildman–Crippen LogP) is 4.50. The number of rotatable bonds is 3. The van der Waals surface area contributed by atoms with Gasteiger partial charge in [-0.25, -0.2) is 0 Å². The van der Waals surface area contributed by atoms with Gasteiger partial charge in [0.1, 0.15) is 0 Å². The third-order valence-electron chi connectivity index (χ3n) is 3.06. The third kappa shape index (κ3) is 2.69. The SMILES string of the molecule is Clc1cccc(CNc2cccc3ccncc23)c1. The van der Waals surface area contributed by atoms with Gasteiger partial charge < -0.3 is 5.32 Å². The normalized spacial score (nSPS) is 10.6. The van der Waals surface area contributed by atoms with E-state index in [1.807, 2.05) is 42.7 Å². The van der Waals surface area contributed by atoms with Gasteiger partial charge in [-0.15, -0.1) is 0 Å². The zero-order chi connectivity index (χ0) is 13.1. The fraction of sp³-hybridized carbons (Fsp3) is 0.0625. The number of aromatic nitrogens is 1. The topological polar surface area (TPSA) is 24.9 Å². The number of anilines is 1. The van der Waals surface area contributed by atoms with Crippen LogP contribution in [0.1, 0.15) is 5.56 Å². The molecule has 3 rings (SSSR count). The maximum atomic E-state index is 5.98. The smallest absolute Gasteiger partial charge is 0.0438 e. The molecule has 0 spiro atoms. The summed E-state index contributed by atoms with van der Waals surface area (Å²) >= 11 is 5.98. The summed E-state index contributed by atoms with van der Waals surface area (Å²) in [5.74, 6) is 0. The number of nitrogens with one attached hydrogen (secondary N) is 1. The van der Waals surface area contributed by atoms with E-state index < -0.39 is 0 Å². The molecule has 94 valence electrons. The minimum Gasteiger partial charge on any atom is -0.380 e. The lowest BCUT2D eigenvalue weighted by Gasteiger charge is -2.09. The first-order valence-corrected chi connectivity index (χ1v) is 6.52. The highest BCUT2D eigenvalue weighted by atomic mass is 35.5. The molecular weight excluding hydrogens is 256 g/mol. The van der Waals surface area contributed by atoms with Crippen LogP contribution in [-0.2, 0) is 6.54 Å². The van der Waals surface area contributed by atoms with Gasteiger partial charge in [-0.05, 0) is 35.2 Å². The highest BCUT2D eigenvalue weighted by Crippen LogP contribution is 2.22. The average Bonchev–Trinajstić information content (AvgIpc) is 2.45. The predicted molar refractivity (Wildman–Crippen MR) is 80.5 cm³/mol. The first kappa shape index (κ1) is 12.0. The summed E-state index contributed by atoms with van der Waals surface area (Å²) in [6, 6.07) is 16.1. The van der Waals surface area contributed by atoms with E-state index in [9.17, 15) is 0 Å². The molecule has 0 saturated heterocycles. The maximum absolute atomic E-state index is 5.98. The van der Waals surface area contributed by atoms with Gasteiger partial charge >= 0.3 is 0 Å². The van der Waals surface area contributed by atoms with E-state index in [0.717, 1.165) is 28.2 Å². The van der Waals surface area contributed by atoms with Crippen LogP contribution < -0.4 is 5.32 Å². The van der Waals surface area contributed by atoms with Crippen LogP contribution in [0.2, 0.25) is 5.02 Å². The van der Waals surface area contributed by atoms with Gasteiger partial charge in [-0.1, -0.05) is 35.9 Å². The molecule has 0 aliphatic carbocycles. The first-order valence-electron chi connectivity index (χ1n) is 6.14. The van der Waals surface area contributed by atoms with E-state index in [2.05, 4.69) is 28.5 Å². The van der Waals surface area contributed by atoms with Crippen LogP contribution >= 0.6 is 11.6 Å². The van der Waals surface area contributed by atoms with E-state index in [4.69, 9.17) is 11.6 Å². The molecule has 19 heavy (non-hydrogen) atoms. The van der Waals surface area contributed by atoms with Crippen LogP contribution in [0.3, 0.4) is 0 Å². The monoisotopic (exact) mass is 268 g/mol. The summed E-state index contributed by atoms with van der Waals surface area (Å²) in [5.41, 5.74) is 2.25. The standard InChI is InChI=1S/C16H13ClN2/c17-14-5-1-3-12(9-14)10-19-16-6-2-4-13-7-8-18-11-15(13)16/h1-9,11,19H,10H2. The molecular formula is C16H13ClN2. The van der Waals surface area contributed by atoms with Crippen LogP contribution in [-0.4, -0.2) is 4.98 Å². The van der Waals surface area contributed by atoms with Gasteiger partial charge in [0.2, 0.25) is 0 Å². The van der Waals surface area contributed by atoms with Crippen molar-refractivity contribution in [3.05, 3.63) is 71.5 Å². The highest BCUT2D eigenvalue weighted by Gasteiger charge is 2.00. The molecule has 3 aromatic rings. The number of halogens is 1. The van der Waals surface area contributed by atoms with Crippen molar-refractivity contribution in [1.82, 2.24) is 4.98 Å². The van der Waals surface area contributed by atoms with Crippen molar-refractivity contribution in [3.63, 3.8) is 0 Å². The van der Waals surface area contributed by atoms with E-state index in [1.165, 1.54) is 5.39 Å². The molecule has 1 aromatic heterocycles. The van der Waals surface area contributed by atoms with Crippen molar-refractivity contribution in [2.75, 3.05) is 5.32 Å². The lowest BCUT2D eigenvalue weighted by Crippen LogP contribution is -1.99. The number of fused-ring (bicyclic) bond motifs is 1. The Morgan fingerprint density at radius 1 is 1.05 bits per heavy atom. The first-order chi connectivity index (χ1) is 9.33. The summed E-state index contributed by atoms with van der Waals surface area (Å²) in [6.45, 7) is 0.745. The number of hydrogen-bond donors (Lipinski definition) is 1. The minimum atomic E-state index is 0.745. The van der Waals surface area contributed by atoms with E-state index >= 15 is 0 Å². The van der Waals surface area contributed by atoms with Crippen molar-refractivity contribution in [3.8, 4) is 0 Å². The fourth-order valence-electron chi connectivity index (χ4n) is 2.11. The summed E-state index contributed by atoms with van der Waals surface area (Å²) < 4.78 is 0. The molecule has 0 saturated carbocycles. The largest absolute Gasteiger partial charge is 0.380 e. The van der Waals surface area contributed by atoms with Crippen molar-refractivity contribution in [2.45, 2.75) is 6.54 Å². The maximum Gasteiger partial charge on any atom is 0.0438 e. The van der Waals surface area contributed by atoms with E-state index in [-0.39, 0.29) is 0 Å². The second-order valence-corrected chi connectivity index (χ2v) is 4.82. The van der Waals surface area contributed by atoms with Gasteiger partial charge in [-0.2, -0.15) is 0 Å². The Kier molecular flexibility index (Phi) is 3.34. The van der Waals surface area contributed by atoms with E-state index in [1.54, 1.807) is 0 Å². The zero-order valence-electron chi connectivity index (χ0n) is 10.3. The van der Waals surface area contributed by atoms with Crippen LogP contribution in [0.25, 0.3) is 10.8 Å². The molecule has 2 nitrogen and oxygen atoms in total. The molecule has 0 amide bonds. The molecule has 0 unspecified atom stereocenters. The van der Waals surface area contributed by atoms with Crippen LogP contribution in [0.5, 0.6) is 0 Å². The molecule has 0 fully saturated rings. The van der Waals surface area contributed by atoms with Crippen LogP contribution in [0.4, 0.5) is 5.69 Å². The average molecular weight is 269 g/mol. The molecule has 2 aromatic carbocycles. The molecule has 0 bridgehead atoms. The van der Waals surface area contributed by atoms with Crippen molar-refractivity contribution >= 4 is 28.1 Å². The lowest BCUT2D eigenvalue weighted by atomic mass is 10.1. The summed E-state index contributed by atoms with van der Waals surface area (Å²) in [4.78, 5) is 4.18. The molecule has 0 aliphatic rings. The number of nitrogens with zero attached hydrogens (tertiary/aromatic N) is 1. The van der Waals surface area contributed by atoms with Crippen LogP contribution in [0, 0.1) is 0 Å². The Morgan fingerprint density at radius 3 is 2.84 bits per heavy atom. The Balaban J connectivity index is 1.86. The molecule has 1 heterocycles. The second kappa shape index (κ2) is 5.29. The number of benzene rings is 2. The fourth-order valence-corrected chi connectivity index (χ4v) is 2.32. The van der Waals surface area contributed by atoms with Crippen molar-refractivity contribution < 1.29 is 0 Å². The third-order valence-corrected chi connectivity index (χ3v) is 3.29. The van der Waals surface area contributed by atoms with Gasteiger partial charge in [0.25, 0.3) is 0 Å². The Bertz CT molecular complexity index is 704. The van der Waals surface area contributed by atoms with Gasteiger partial charge in [0, 0.05) is 35.0 Å². The number of pyridine rings is 1. The molecule has 0 atom stereocenters. The summed E-state index contributed by atoms with van der Waals surface area (Å²) in [5, 5.41) is 6.51. The quantitative estimate of drug-likeness (QED) is 0.756. The van der Waals surface area contributed by atoms with Gasteiger partial charge in [0.05, 0.1) is 0 Å². The molecule has 3 heteroatoms. The van der Waals surface area contributed by atoms with Gasteiger partial charge in [-0.3, -0.25) is 4.98 Å². The Hall–Kier alpha value is -2.06. The van der Waals surface area contributed by atoms with Gasteiger partial charge in [0.15, 0.2) is 0 Å². The molecule has 0 aliphatic heterocycles. The van der Waals surface area contributed by atoms with E-state index in [0.29, 0.717) is 0 Å². The Morgan fingerprint density at radius 2 is 1.95 bits per heavy atom. The van der Waals surface area contributed by atoms with Crippen molar-refractivity contribution in [1.29, 1.82) is 0 Å². The minimum absolute atomic E-state index is 0.745. The number of hydrogen-bond acceptors (Lipinski definition) is 2. The molecule has 0 radical (unpaired) electrons. The summed E-state index contributed by atoms with van der Waals surface area (Å²) in [7, 11) is 0. The zero-order valence-corrected chi connectivity index (χ0v) is 11.1. The lowest BCUT2D eigenvalue weighted by molar-refractivity contribution is 1.15. The Labute approximate surface area is 117 Å².